The molecule has 0 radical (unpaired) electrons. The van der Waals surface area contributed by atoms with Crippen molar-refractivity contribution in [2.45, 2.75) is 60.0 Å². The second-order valence-corrected chi connectivity index (χ2v) is 4.47. The van der Waals surface area contributed by atoms with Crippen molar-refractivity contribution in [3.63, 3.8) is 0 Å². The molecule has 0 heterocycles. The van der Waals surface area contributed by atoms with E-state index in [9.17, 15) is 4.79 Å². The molecule has 0 bridgehead atoms. The topological polar surface area (TPSA) is 26.3 Å². The predicted octanol–water partition coefficient (Wildman–Crippen LogP) is 3.20. The lowest BCUT2D eigenvalue weighted by atomic mass is 9.83. The Morgan fingerprint density at radius 2 is 1.93 bits per heavy atom. The standard InChI is InChI=1S/C12H24O2/c1-6-8-9-14-10(3)11(13)12(4,5)7-2/h10H,6-9H2,1-5H3. The van der Waals surface area contributed by atoms with Crippen molar-refractivity contribution in [3.8, 4) is 0 Å². The average Bonchev–Trinajstić information content (AvgIpc) is 2.17. The van der Waals surface area contributed by atoms with Gasteiger partial charge in [0.2, 0.25) is 0 Å². The average molecular weight is 200 g/mol. The third-order valence-electron chi connectivity index (χ3n) is 2.79. The van der Waals surface area contributed by atoms with Gasteiger partial charge in [0.25, 0.3) is 0 Å². The molecule has 14 heavy (non-hydrogen) atoms. The predicted molar refractivity (Wildman–Crippen MR) is 59.4 cm³/mol. The molecular weight excluding hydrogens is 176 g/mol. The molecule has 0 amide bonds. The molecule has 0 aliphatic carbocycles. The first-order valence-electron chi connectivity index (χ1n) is 5.61. The zero-order chi connectivity index (χ0) is 11.2. The molecule has 0 aliphatic rings. The number of ketones is 1. The molecule has 0 aromatic heterocycles. The van der Waals surface area contributed by atoms with Crippen molar-refractivity contribution in [1.29, 1.82) is 0 Å². The second kappa shape index (κ2) is 6.18. The fourth-order valence-electron chi connectivity index (χ4n) is 1.20. The summed E-state index contributed by atoms with van der Waals surface area (Å²) in [5.41, 5.74) is -0.244. The lowest BCUT2D eigenvalue weighted by Crippen LogP contribution is -2.34. The molecule has 0 N–H and O–H groups in total. The highest BCUT2D eigenvalue weighted by atomic mass is 16.5. The summed E-state index contributed by atoms with van der Waals surface area (Å²) in [7, 11) is 0. The van der Waals surface area contributed by atoms with Gasteiger partial charge in [0.1, 0.15) is 6.10 Å². The van der Waals surface area contributed by atoms with E-state index in [-0.39, 0.29) is 17.3 Å². The second-order valence-electron chi connectivity index (χ2n) is 4.47. The normalized spacial score (nSPS) is 14.1. The lowest BCUT2D eigenvalue weighted by molar-refractivity contribution is -0.138. The number of ether oxygens (including phenoxy) is 1. The van der Waals surface area contributed by atoms with E-state index in [1.54, 1.807) is 0 Å². The summed E-state index contributed by atoms with van der Waals surface area (Å²) in [5, 5.41) is 0. The van der Waals surface area contributed by atoms with Crippen LogP contribution in [0.15, 0.2) is 0 Å². The Hall–Kier alpha value is -0.370. The maximum Gasteiger partial charge on any atom is 0.166 e. The van der Waals surface area contributed by atoms with E-state index in [0.717, 1.165) is 19.3 Å². The van der Waals surface area contributed by atoms with Crippen LogP contribution in [0.25, 0.3) is 0 Å². The number of hydrogen-bond donors (Lipinski definition) is 0. The molecule has 2 heteroatoms. The van der Waals surface area contributed by atoms with E-state index in [4.69, 9.17) is 4.74 Å². The van der Waals surface area contributed by atoms with Crippen LogP contribution in [0.1, 0.15) is 53.9 Å². The highest BCUT2D eigenvalue weighted by molar-refractivity contribution is 5.87. The Kier molecular flexibility index (Phi) is 6.01. The SMILES string of the molecule is CCCCOC(C)C(=O)C(C)(C)CC. The highest BCUT2D eigenvalue weighted by Crippen LogP contribution is 2.23. The van der Waals surface area contributed by atoms with Gasteiger partial charge in [0.05, 0.1) is 0 Å². The summed E-state index contributed by atoms with van der Waals surface area (Å²) >= 11 is 0. The van der Waals surface area contributed by atoms with Gasteiger partial charge in [-0.1, -0.05) is 34.1 Å². The Morgan fingerprint density at radius 1 is 1.36 bits per heavy atom. The Balaban J connectivity index is 3.99. The van der Waals surface area contributed by atoms with Gasteiger partial charge >= 0.3 is 0 Å². The molecule has 1 atom stereocenters. The largest absolute Gasteiger partial charge is 0.371 e. The number of hydrogen-bond acceptors (Lipinski definition) is 2. The van der Waals surface area contributed by atoms with Crippen LogP contribution < -0.4 is 0 Å². The van der Waals surface area contributed by atoms with Gasteiger partial charge in [-0.2, -0.15) is 0 Å². The van der Waals surface area contributed by atoms with Gasteiger partial charge in [0.15, 0.2) is 5.78 Å². The number of Topliss-reactive ketones (excluding diaryl/α,β-unsaturated/α-hetero) is 1. The van der Waals surface area contributed by atoms with Crippen molar-refractivity contribution < 1.29 is 9.53 Å². The van der Waals surface area contributed by atoms with Crippen LogP contribution in [0.2, 0.25) is 0 Å². The van der Waals surface area contributed by atoms with Crippen LogP contribution in [0, 0.1) is 5.41 Å². The first-order valence-corrected chi connectivity index (χ1v) is 5.61. The van der Waals surface area contributed by atoms with Gasteiger partial charge in [0, 0.05) is 12.0 Å². The summed E-state index contributed by atoms with van der Waals surface area (Å²) in [6.45, 7) is 10.7. The summed E-state index contributed by atoms with van der Waals surface area (Å²) in [6.07, 6.45) is 2.76. The molecule has 84 valence electrons. The molecule has 0 saturated carbocycles. The van der Waals surface area contributed by atoms with E-state index in [0.29, 0.717) is 6.61 Å². The van der Waals surface area contributed by atoms with Gasteiger partial charge < -0.3 is 4.74 Å². The van der Waals surface area contributed by atoms with Crippen molar-refractivity contribution in [2.24, 2.45) is 5.41 Å². The summed E-state index contributed by atoms with van der Waals surface area (Å²) < 4.78 is 5.48. The third-order valence-corrected chi connectivity index (χ3v) is 2.79. The maximum absolute atomic E-state index is 11.9. The minimum Gasteiger partial charge on any atom is -0.371 e. The van der Waals surface area contributed by atoms with Crippen LogP contribution >= 0.6 is 0 Å². The molecule has 1 unspecified atom stereocenters. The molecule has 0 saturated heterocycles. The van der Waals surface area contributed by atoms with Gasteiger partial charge in [-0.15, -0.1) is 0 Å². The quantitative estimate of drug-likeness (QED) is 0.590. The molecule has 0 rings (SSSR count). The van der Waals surface area contributed by atoms with Gasteiger partial charge in [-0.25, -0.2) is 0 Å². The van der Waals surface area contributed by atoms with Crippen LogP contribution in [-0.4, -0.2) is 18.5 Å². The molecule has 0 aliphatic heterocycles. The zero-order valence-electron chi connectivity index (χ0n) is 10.2. The van der Waals surface area contributed by atoms with Crippen molar-refractivity contribution >= 4 is 5.78 Å². The maximum atomic E-state index is 11.9. The summed E-state index contributed by atoms with van der Waals surface area (Å²) in [5.74, 6) is 0.219. The van der Waals surface area contributed by atoms with E-state index >= 15 is 0 Å². The van der Waals surface area contributed by atoms with Crippen molar-refractivity contribution in [1.82, 2.24) is 0 Å². The minimum absolute atomic E-state index is 0.219. The zero-order valence-corrected chi connectivity index (χ0v) is 10.2. The first kappa shape index (κ1) is 13.6. The first-order chi connectivity index (χ1) is 6.45. The number of carbonyl (C=O) groups excluding carboxylic acids is 1. The van der Waals surface area contributed by atoms with Crippen molar-refractivity contribution in [3.05, 3.63) is 0 Å². The Bertz CT molecular complexity index is 173. The van der Waals surface area contributed by atoms with E-state index in [1.165, 1.54) is 0 Å². The fraction of sp³-hybridized carbons (Fsp3) is 0.917. The summed E-state index contributed by atoms with van der Waals surface area (Å²) in [6, 6.07) is 0. The van der Waals surface area contributed by atoms with E-state index in [1.807, 2.05) is 27.7 Å². The molecule has 2 nitrogen and oxygen atoms in total. The molecule has 0 spiro atoms. The van der Waals surface area contributed by atoms with Crippen LogP contribution in [0.4, 0.5) is 0 Å². The monoisotopic (exact) mass is 200 g/mol. The number of unbranched alkanes of at least 4 members (excludes halogenated alkanes) is 1. The van der Waals surface area contributed by atoms with Gasteiger partial charge in [-0.05, 0) is 19.8 Å². The highest BCUT2D eigenvalue weighted by Gasteiger charge is 2.29. The Morgan fingerprint density at radius 3 is 2.36 bits per heavy atom. The lowest BCUT2D eigenvalue weighted by Gasteiger charge is -2.25. The molecule has 0 fully saturated rings. The van der Waals surface area contributed by atoms with Crippen LogP contribution in [0.5, 0.6) is 0 Å². The summed E-state index contributed by atoms with van der Waals surface area (Å²) in [4.78, 5) is 11.9. The van der Waals surface area contributed by atoms with Gasteiger partial charge in [-0.3, -0.25) is 4.79 Å². The number of rotatable bonds is 7. The van der Waals surface area contributed by atoms with Crippen molar-refractivity contribution in [2.75, 3.05) is 6.61 Å². The molecular formula is C12H24O2. The minimum atomic E-state index is -0.253. The fourth-order valence-corrected chi connectivity index (χ4v) is 1.20. The third kappa shape index (κ3) is 4.23. The van der Waals surface area contributed by atoms with Crippen LogP contribution in [0.3, 0.4) is 0 Å². The molecule has 0 aromatic rings. The van der Waals surface area contributed by atoms with E-state index < -0.39 is 0 Å². The molecule has 0 aromatic carbocycles. The Labute approximate surface area is 88.0 Å². The van der Waals surface area contributed by atoms with E-state index in [2.05, 4.69) is 6.92 Å². The number of carbonyl (C=O) groups is 1. The smallest absolute Gasteiger partial charge is 0.166 e. The van der Waals surface area contributed by atoms with Crippen LogP contribution in [-0.2, 0) is 9.53 Å².